The molecule has 2 bridgehead atoms. The van der Waals surface area contributed by atoms with Crippen LogP contribution in [0.1, 0.15) is 22.3 Å². The smallest absolute Gasteiger partial charge is 0.290 e. The molecule has 3 unspecified atom stereocenters. The predicted molar refractivity (Wildman–Crippen MR) is 85.8 cm³/mol. The molecule has 1 N–H and O–H groups in total. The zero-order valence-electron chi connectivity index (χ0n) is 13.1. The summed E-state index contributed by atoms with van der Waals surface area (Å²) in [5, 5.41) is 3.16. The van der Waals surface area contributed by atoms with Gasteiger partial charge in [0.2, 0.25) is 0 Å². The highest BCUT2D eigenvalue weighted by Gasteiger charge is 2.38. The van der Waals surface area contributed by atoms with Gasteiger partial charge in [-0.1, -0.05) is 0 Å². The first-order valence-corrected chi connectivity index (χ1v) is 8.04. The molecule has 23 heavy (non-hydrogen) atoms. The Bertz CT molecular complexity index is 707. The van der Waals surface area contributed by atoms with Gasteiger partial charge in [-0.25, -0.2) is 0 Å². The summed E-state index contributed by atoms with van der Waals surface area (Å²) in [7, 11) is 0. The van der Waals surface area contributed by atoms with Crippen LogP contribution in [0.25, 0.3) is 0 Å². The van der Waals surface area contributed by atoms with Crippen molar-refractivity contribution in [3.05, 3.63) is 47.7 Å². The number of fused-ring (bicyclic) bond motifs is 2. The zero-order chi connectivity index (χ0) is 15.8. The van der Waals surface area contributed by atoms with E-state index in [1.807, 2.05) is 13.0 Å². The number of aryl methyl sites for hydroxylation is 1. The van der Waals surface area contributed by atoms with Gasteiger partial charge in [0, 0.05) is 30.8 Å². The van der Waals surface area contributed by atoms with Crippen molar-refractivity contribution in [2.75, 3.05) is 19.6 Å². The lowest BCUT2D eigenvalue weighted by molar-refractivity contribution is 0.0924. The number of rotatable bonds is 4. The lowest BCUT2D eigenvalue weighted by Crippen LogP contribution is -2.43. The van der Waals surface area contributed by atoms with Gasteiger partial charge in [-0.3, -0.25) is 4.79 Å². The molecule has 0 spiro atoms. The van der Waals surface area contributed by atoms with Crippen LogP contribution >= 0.6 is 0 Å². The Balaban J connectivity index is 1.38. The van der Waals surface area contributed by atoms with E-state index in [1.54, 1.807) is 30.5 Å². The summed E-state index contributed by atoms with van der Waals surface area (Å²) in [5.74, 6) is 1.71. The number of furan rings is 1. The molecule has 0 saturated carbocycles. The van der Waals surface area contributed by atoms with E-state index in [0.717, 1.165) is 18.7 Å². The second-order valence-corrected chi connectivity index (χ2v) is 6.46. The maximum absolute atomic E-state index is 12.4. The van der Waals surface area contributed by atoms with Gasteiger partial charge in [-0.2, -0.15) is 0 Å². The highest BCUT2D eigenvalue weighted by atomic mass is 16.6. The number of carbonyl (C=O) groups is 1. The van der Waals surface area contributed by atoms with Crippen LogP contribution < -0.4 is 10.1 Å². The second kappa shape index (κ2) is 5.74. The van der Waals surface area contributed by atoms with E-state index in [0.29, 0.717) is 29.2 Å². The van der Waals surface area contributed by atoms with Gasteiger partial charge in [-0.05, 0) is 55.6 Å². The fourth-order valence-electron chi connectivity index (χ4n) is 3.45. The van der Waals surface area contributed by atoms with Crippen molar-refractivity contribution in [2.24, 2.45) is 5.92 Å². The maximum Gasteiger partial charge on any atom is 0.290 e. The van der Waals surface area contributed by atoms with E-state index in [-0.39, 0.29) is 5.91 Å². The van der Waals surface area contributed by atoms with Crippen LogP contribution in [0.5, 0.6) is 11.7 Å². The average molecular weight is 312 g/mol. The maximum atomic E-state index is 12.4. The van der Waals surface area contributed by atoms with Crippen LogP contribution in [0.15, 0.2) is 41.0 Å². The minimum Gasteiger partial charge on any atom is -0.434 e. The van der Waals surface area contributed by atoms with Crippen LogP contribution in [0, 0.1) is 12.8 Å². The molecular formula is C18H20N2O3. The number of hydrogen-bond donors (Lipinski definition) is 1. The third kappa shape index (κ3) is 2.97. The molecule has 1 amide bonds. The molecule has 5 nitrogen and oxygen atoms in total. The Labute approximate surface area is 135 Å². The number of hydrogen-bond acceptors (Lipinski definition) is 4. The van der Waals surface area contributed by atoms with Crippen LogP contribution in [-0.2, 0) is 0 Å². The SMILES string of the molecule is Cc1coc(Oc2ccc(C(=O)NC3CN4CCC3C4)cc2)c1. The number of amides is 1. The van der Waals surface area contributed by atoms with Gasteiger partial charge in [0.05, 0.1) is 6.26 Å². The van der Waals surface area contributed by atoms with Gasteiger partial charge in [-0.15, -0.1) is 0 Å². The Kier molecular flexibility index (Phi) is 3.58. The Hall–Kier alpha value is -2.27. The molecule has 0 aliphatic carbocycles. The van der Waals surface area contributed by atoms with E-state index >= 15 is 0 Å². The summed E-state index contributed by atoms with van der Waals surface area (Å²) in [5.41, 5.74) is 1.67. The van der Waals surface area contributed by atoms with Crippen molar-refractivity contribution >= 4 is 5.91 Å². The standard InChI is InChI=1S/C18H20N2O3/c1-12-8-17(22-11-12)23-15-4-2-13(3-5-15)18(21)19-16-10-20-7-6-14(16)9-20/h2-5,8,11,14,16H,6-7,9-10H2,1H3,(H,19,21). The van der Waals surface area contributed by atoms with Crippen molar-refractivity contribution in [2.45, 2.75) is 19.4 Å². The first-order chi connectivity index (χ1) is 11.2. The summed E-state index contributed by atoms with van der Waals surface area (Å²) in [6.07, 6.45) is 2.84. The predicted octanol–water partition coefficient (Wildman–Crippen LogP) is 2.81. The number of carbonyl (C=O) groups excluding carboxylic acids is 1. The molecule has 2 aliphatic heterocycles. The highest BCUT2D eigenvalue weighted by Crippen LogP contribution is 2.28. The van der Waals surface area contributed by atoms with Crippen molar-refractivity contribution in [3.8, 4) is 11.7 Å². The van der Waals surface area contributed by atoms with Gasteiger partial charge in [0.25, 0.3) is 11.9 Å². The van der Waals surface area contributed by atoms with Crippen molar-refractivity contribution in [1.82, 2.24) is 10.2 Å². The summed E-state index contributed by atoms with van der Waals surface area (Å²) in [4.78, 5) is 14.8. The van der Waals surface area contributed by atoms with E-state index in [1.165, 1.54) is 13.0 Å². The van der Waals surface area contributed by atoms with Crippen molar-refractivity contribution in [1.29, 1.82) is 0 Å². The summed E-state index contributed by atoms with van der Waals surface area (Å²) >= 11 is 0. The number of benzene rings is 1. The first kappa shape index (κ1) is 14.3. The topological polar surface area (TPSA) is 54.7 Å². The number of piperidine rings is 1. The molecule has 120 valence electrons. The Morgan fingerprint density at radius 1 is 1.30 bits per heavy atom. The highest BCUT2D eigenvalue weighted by molar-refractivity contribution is 5.94. The van der Waals surface area contributed by atoms with Crippen molar-refractivity contribution < 1.29 is 13.9 Å². The lowest BCUT2D eigenvalue weighted by Gasteiger charge is -2.23. The quantitative estimate of drug-likeness (QED) is 0.943. The molecule has 3 atom stereocenters. The summed E-state index contributed by atoms with van der Waals surface area (Å²) < 4.78 is 10.9. The normalized spacial score (nSPS) is 25.5. The second-order valence-electron chi connectivity index (χ2n) is 6.46. The number of ether oxygens (including phenoxy) is 1. The van der Waals surface area contributed by atoms with E-state index in [9.17, 15) is 4.79 Å². The monoisotopic (exact) mass is 312 g/mol. The molecule has 2 fully saturated rings. The van der Waals surface area contributed by atoms with E-state index < -0.39 is 0 Å². The largest absolute Gasteiger partial charge is 0.434 e. The molecule has 1 aromatic carbocycles. The van der Waals surface area contributed by atoms with Crippen LogP contribution in [-0.4, -0.2) is 36.5 Å². The van der Waals surface area contributed by atoms with Crippen molar-refractivity contribution in [3.63, 3.8) is 0 Å². The molecule has 3 heterocycles. The lowest BCUT2D eigenvalue weighted by atomic mass is 9.99. The molecule has 4 rings (SSSR count). The summed E-state index contributed by atoms with van der Waals surface area (Å²) in [6, 6.07) is 9.26. The fraction of sp³-hybridized carbons (Fsp3) is 0.389. The Morgan fingerprint density at radius 3 is 2.74 bits per heavy atom. The Morgan fingerprint density at radius 2 is 2.13 bits per heavy atom. The molecule has 2 saturated heterocycles. The zero-order valence-corrected chi connectivity index (χ0v) is 13.1. The molecule has 5 heteroatoms. The summed E-state index contributed by atoms with van der Waals surface area (Å²) in [6.45, 7) is 5.22. The van der Waals surface area contributed by atoms with Gasteiger partial charge < -0.3 is 19.4 Å². The first-order valence-electron chi connectivity index (χ1n) is 8.04. The third-order valence-electron chi connectivity index (χ3n) is 4.69. The van der Waals surface area contributed by atoms with E-state index in [2.05, 4.69) is 10.2 Å². The van der Waals surface area contributed by atoms with Crippen LogP contribution in [0.2, 0.25) is 0 Å². The number of nitrogens with one attached hydrogen (secondary N) is 1. The van der Waals surface area contributed by atoms with E-state index in [4.69, 9.17) is 9.15 Å². The molecule has 0 radical (unpaired) electrons. The minimum absolute atomic E-state index is 0.0101. The van der Waals surface area contributed by atoms with Crippen LogP contribution in [0.3, 0.4) is 0 Å². The third-order valence-corrected chi connectivity index (χ3v) is 4.69. The molecule has 1 aromatic heterocycles. The molecular weight excluding hydrogens is 292 g/mol. The molecule has 2 aliphatic rings. The van der Waals surface area contributed by atoms with Crippen LogP contribution in [0.4, 0.5) is 0 Å². The van der Waals surface area contributed by atoms with Gasteiger partial charge >= 0.3 is 0 Å². The molecule has 2 aromatic rings. The fourth-order valence-corrected chi connectivity index (χ4v) is 3.45. The number of nitrogens with zero attached hydrogens (tertiary/aromatic N) is 1. The minimum atomic E-state index is -0.0101. The van der Waals surface area contributed by atoms with Gasteiger partial charge in [0.1, 0.15) is 5.75 Å². The average Bonchev–Trinajstić information content (AvgIpc) is 3.25. The van der Waals surface area contributed by atoms with Gasteiger partial charge in [0.15, 0.2) is 0 Å².